The molecule has 4 rings (SSSR count). The van der Waals surface area contributed by atoms with Gasteiger partial charge < -0.3 is 4.90 Å². The van der Waals surface area contributed by atoms with Gasteiger partial charge in [0.1, 0.15) is 5.01 Å². The number of aryl methyl sites for hydroxylation is 1. The highest BCUT2D eigenvalue weighted by Gasteiger charge is 2.29. The molecule has 0 aliphatic carbocycles. The molecule has 0 spiro atoms. The maximum atomic E-state index is 12.6. The van der Waals surface area contributed by atoms with Gasteiger partial charge in [0.15, 0.2) is 0 Å². The third-order valence-corrected chi connectivity index (χ3v) is 4.56. The molecule has 20 heavy (non-hydrogen) atoms. The summed E-state index contributed by atoms with van der Waals surface area (Å²) < 4.78 is 0. The second-order valence-corrected chi connectivity index (χ2v) is 5.90. The third-order valence-electron chi connectivity index (χ3n) is 3.61. The summed E-state index contributed by atoms with van der Waals surface area (Å²) in [6, 6.07) is 12.0. The summed E-state index contributed by atoms with van der Waals surface area (Å²) in [7, 11) is 0. The molecule has 1 aliphatic rings. The molecule has 0 atom stereocenters. The van der Waals surface area contributed by atoms with Gasteiger partial charge in [-0.1, -0.05) is 24.3 Å². The van der Waals surface area contributed by atoms with E-state index < -0.39 is 0 Å². The summed E-state index contributed by atoms with van der Waals surface area (Å²) in [6.07, 6.45) is 0. The Labute approximate surface area is 120 Å². The van der Waals surface area contributed by atoms with Crippen molar-refractivity contribution < 1.29 is 4.79 Å². The third kappa shape index (κ3) is 1.58. The van der Waals surface area contributed by atoms with E-state index in [4.69, 9.17) is 0 Å². The fourth-order valence-corrected chi connectivity index (χ4v) is 3.51. The first kappa shape index (κ1) is 11.6. The Kier molecular flexibility index (Phi) is 2.41. The van der Waals surface area contributed by atoms with E-state index in [0.717, 1.165) is 32.7 Å². The van der Waals surface area contributed by atoms with Crippen molar-refractivity contribution in [1.29, 1.82) is 0 Å². The number of benzene rings is 2. The van der Waals surface area contributed by atoms with Crippen molar-refractivity contribution >= 4 is 33.7 Å². The van der Waals surface area contributed by atoms with Gasteiger partial charge in [-0.15, -0.1) is 11.3 Å². The van der Waals surface area contributed by atoms with Gasteiger partial charge in [-0.25, -0.2) is 4.98 Å². The molecule has 0 radical (unpaired) electrons. The fraction of sp³-hybridized carbons (Fsp3) is 0.125. The molecule has 98 valence electrons. The van der Waals surface area contributed by atoms with Crippen LogP contribution in [-0.4, -0.2) is 10.9 Å². The van der Waals surface area contributed by atoms with E-state index in [-0.39, 0.29) is 5.91 Å². The average molecular weight is 280 g/mol. The first-order valence-corrected chi connectivity index (χ1v) is 7.36. The minimum absolute atomic E-state index is 0.0738. The minimum atomic E-state index is 0.0738. The molecular weight excluding hydrogens is 268 g/mol. The van der Waals surface area contributed by atoms with E-state index in [1.807, 2.05) is 53.6 Å². The van der Waals surface area contributed by atoms with Crippen LogP contribution in [0, 0.1) is 6.92 Å². The molecule has 0 saturated carbocycles. The van der Waals surface area contributed by atoms with Gasteiger partial charge in [-0.05, 0) is 24.4 Å². The van der Waals surface area contributed by atoms with E-state index in [0.29, 0.717) is 6.54 Å². The largest absolute Gasteiger partial charge is 0.301 e. The molecule has 0 saturated heterocycles. The predicted octanol–water partition coefficient (Wildman–Crippen LogP) is 3.77. The van der Waals surface area contributed by atoms with Crippen LogP contribution in [0.15, 0.2) is 41.8 Å². The summed E-state index contributed by atoms with van der Waals surface area (Å²) in [5.74, 6) is 0.0738. The van der Waals surface area contributed by atoms with Crippen LogP contribution < -0.4 is 4.90 Å². The normalized spacial score (nSPS) is 13.4. The number of anilines is 1. The Morgan fingerprint density at radius 1 is 1.20 bits per heavy atom. The van der Waals surface area contributed by atoms with E-state index in [2.05, 4.69) is 4.98 Å². The number of carbonyl (C=O) groups is 1. The Balaban J connectivity index is 1.84. The highest BCUT2D eigenvalue weighted by Crippen LogP contribution is 2.38. The molecule has 4 heteroatoms. The first-order chi connectivity index (χ1) is 9.74. The van der Waals surface area contributed by atoms with Gasteiger partial charge in [0.2, 0.25) is 0 Å². The van der Waals surface area contributed by atoms with Crippen LogP contribution in [-0.2, 0) is 6.54 Å². The molecule has 1 aromatic heterocycles. The summed E-state index contributed by atoms with van der Waals surface area (Å²) in [4.78, 5) is 18.9. The van der Waals surface area contributed by atoms with Gasteiger partial charge in [-0.3, -0.25) is 4.79 Å². The monoisotopic (exact) mass is 280 g/mol. The van der Waals surface area contributed by atoms with Gasteiger partial charge in [0.05, 0.1) is 12.2 Å². The zero-order chi connectivity index (χ0) is 13.7. The van der Waals surface area contributed by atoms with Crippen LogP contribution in [0.2, 0.25) is 0 Å². The molecule has 2 heterocycles. The van der Waals surface area contributed by atoms with Gasteiger partial charge in [-0.2, -0.15) is 0 Å². The van der Waals surface area contributed by atoms with Gasteiger partial charge in [0.25, 0.3) is 5.91 Å². The molecule has 0 N–H and O–H groups in total. The summed E-state index contributed by atoms with van der Waals surface area (Å²) in [5, 5.41) is 5.17. The predicted molar refractivity (Wildman–Crippen MR) is 81.3 cm³/mol. The lowest BCUT2D eigenvalue weighted by Crippen LogP contribution is -2.25. The minimum Gasteiger partial charge on any atom is -0.301 e. The maximum Gasteiger partial charge on any atom is 0.259 e. The lowest BCUT2D eigenvalue weighted by Gasteiger charge is -2.15. The Hall–Kier alpha value is -2.20. The zero-order valence-corrected chi connectivity index (χ0v) is 11.8. The van der Waals surface area contributed by atoms with Gasteiger partial charge in [0, 0.05) is 22.0 Å². The second-order valence-electron chi connectivity index (χ2n) is 4.95. The van der Waals surface area contributed by atoms with Crippen molar-refractivity contribution in [3.63, 3.8) is 0 Å². The quantitative estimate of drug-likeness (QED) is 0.716. The summed E-state index contributed by atoms with van der Waals surface area (Å²) >= 11 is 1.60. The smallest absolute Gasteiger partial charge is 0.259 e. The summed E-state index contributed by atoms with van der Waals surface area (Å²) in [5.41, 5.74) is 2.80. The molecule has 3 nitrogen and oxygen atoms in total. The Morgan fingerprint density at radius 2 is 2.00 bits per heavy atom. The number of carbonyl (C=O) groups excluding carboxylic acids is 1. The first-order valence-electron chi connectivity index (χ1n) is 6.48. The summed E-state index contributed by atoms with van der Waals surface area (Å²) in [6.45, 7) is 2.52. The van der Waals surface area contributed by atoms with Crippen molar-refractivity contribution in [2.24, 2.45) is 0 Å². The van der Waals surface area contributed by atoms with E-state index in [1.54, 1.807) is 11.3 Å². The average Bonchev–Trinajstić information content (AvgIpc) is 2.98. The lowest BCUT2D eigenvalue weighted by atomic mass is 10.1. The van der Waals surface area contributed by atoms with E-state index >= 15 is 0 Å². The Morgan fingerprint density at radius 3 is 2.75 bits per heavy atom. The maximum absolute atomic E-state index is 12.6. The lowest BCUT2D eigenvalue weighted by molar-refractivity contribution is 0.0991. The van der Waals surface area contributed by atoms with Crippen LogP contribution in [0.4, 0.5) is 5.69 Å². The van der Waals surface area contributed by atoms with Crippen molar-refractivity contribution in [3.05, 3.63) is 58.0 Å². The SMILES string of the molecule is Cc1csc(CN2C(=O)c3cccc4cccc2c34)n1. The zero-order valence-electron chi connectivity index (χ0n) is 11.0. The van der Waals surface area contributed by atoms with Gasteiger partial charge >= 0.3 is 0 Å². The van der Waals surface area contributed by atoms with Crippen LogP contribution in [0.5, 0.6) is 0 Å². The van der Waals surface area contributed by atoms with Crippen LogP contribution in [0.25, 0.3) is 10.8 Å². The molecule has 1 aliphatic heterocycles. The number of aromatic nitrogens is 1. The molecular formula is C16H12N2OS. The van der Waals surface area contributed by atoms with E-state index in [9.17, 15) is 4.79 Å². The molecule has 0 unspecified atom stereocenters. The molecule has 0 bridgehead atoms. The Bertz CT molecular complexity index is 832. The van der Waals surface area contributed by atoms with Crippen molar-refractivity contribution in [2.45, 2.75) is 13.5 Å². The number of thiazole rings is 1. The van der Waals surface area contributed by atoms with Crippen LogP contribution in [0.1, 0.15) is 21.1 Å². The number of hydrogen-bond acceptors (Lipinski definition) is 3. The number of hydrogen-bond donors (Lipinski definition) is 0. The highest BCUT2D eigenvalue weighted by atomic mass is 32.1. The number of nitrogens with zero attached hydrogens (tertiary/aromatic N) is 2. The number of rotatable bonds is 2. The highest BCUT2D eigenvalue weighted by molar-refractivity contribution is 7.09. The molecule has 1 amide bonds. The van der Waals surface area contributed by atoms with Crippen LogP contribution in [0.3, 0.4) is 0 Å². The molecule has 0 fully saturated rings. The topological polar surface area (TPSA) is 33.2 Å². The van der Waals surface area contributed by atoms with Crippen molar-refractivity contribution in [1.82, 2.24) is 4.98 Å². The van der Waals surface area contributed by atoms with Crippen molar-refractivity contribution in [2.75, 3.05) is 4.90 Å². The van der Waals surface area contributed by atoms with Crippen LogP contribution >= 0.6 is 11.3 Å². The second kappa shape index (κ2) is 4.15. The van der Waals surface area contributed by atoms with E-state index in [1.165, 1.54) is 0 Å². The fourth-order valence-electron chi connectivity index (χ4n) is 2.75. The molecule has 3 aromatic rings. The molecule has 2 aromatic carbocycles. The standard InChI is InChI=1S/C16H12N2OS/c1-10-9-20-14(17-10)8-18-13-7-3-5-11-4-2-6-12(15(11)13)16(18)19/h2-7,9H,8H2,1H3. The number of amides is 1. The van der Waals surface area contributed by atoms with Crippen molar-refractivity contribution in [3.8, 4) is 0 Å².